The van der Waals surface area contributed by atoms with Crippen molar-refractivity contribution in [1.82, 2.24) is 15.5 Å². The van der Waals surface area contributed by atoms with Gasteiger partial charge in [0.2, 0.25) is 0 Å². The molecule has 9 heteroatoms. The molecule has 0 radical (unpaired) electrons. The van der Waals surface area contributed by atoms with Crippen LogP contribution in [0.2, 0.25) is 0 Å². The van der Waals surface area contributed by atoms with Gasteiger partial charge in [0.1, 0.15) is 12.1 Å². The Kier molecular flexibility index (Phi) is 7.29. The summed E-state index contributed by atoms with van der Waals surface area (Å²) in [5.41, 5.74) is 2.67. The largest absolute Gasteiger partial charge is 0.493 e. The predicted octanol–water partition coefficient (Wildman–Crippen LogP) is 3.31. The van der Waals surface area contributed by atoms with E-state index in [0.717, 1.165) is 47.4 Å². The lowest BCUT2D eigenvalue weighted by atomic mass is 9.97. The number of nitrogens with one attached hydrogen (secondary N) is 1. The molecular weight excluding hydrogens is 424 g/mol. The minimum absolute atomic E-state index is 0.139. The van der Waals surface area contributed by atoms with Crippen LogP contribution in [0.4, 0.5) is 5.82 Å². The smallest absolute Gasteiger partial charge is 0.310 e. The number of carbonyl (C=O) groups is 1. The molecule has 1 N–H and O–H groups in total. The molecular formula is C24H30N4O5. The van der Waals surface area contributed by atoms with Gasteiger partial charge in [0, 0.05) is 49.3 Å². The molecule has 1 aliphatic heterocycles. The SMILES string of the molecule is CCOC(=O)[C@H]1CCCN(c2nc3cc(OC)c(OC)cc3cc2CNCc2ccon2)C1. The highest BCUT2D eigenvalue weighted by atomic mass is 16.5. The number of rotatable bonds is 9. The van der Waals surface area contributed by atoms with Gasteiger partial charge in [0.25, 0.3) is 0 Å². The van der Waals surface area contributed by atoms with Crippen molar-refractivity contribution in [2.45, 2.75) is 32.9 Å². The Hall–Kier alpha value is -3.33. The van der Waals surface area contributed by atoms with Crippen molar-refractivity contribution in [3.63, 3.8) is 0 Å². The zero-order valence-electron chi connectivity index (χ0n) is 19.3. The molecule has 33 heavy (non-hydrogen) atoms. The Labute approximate surface area is 193 Å². The van der Waals surface area contributed by atoms with Crippen LogP contribution in [0.1, 0.15) is 31.0 Å². The van der Waals surface area contributed by atoms with Crippen molar-refractivity contribution in [3.05, 3.63) is 41.8 Å². The van der Waals surface area contributed by atoms with Gasteiger partial charge < -0.3 is 29.0 Å². The molecule has 1 aromatic carbocycles. The molecule has 1 atom stereocenters. The minimum atomic E-state index is -0.155. The highest BCUT2D eigenvalue weighted by Gasteiger charge is 2.29. The first-order chi connectivity index (χ1) is 16.1. The first kappa shape index (κ1) is 22.8. The average Bonchev–Trinajstić information content (AvgIpc) is 3.36. The fourth-order valence-corrected chi connectivity index (χ4v) is 4.21. The molecule has 176 valence electrons. The number of piperidine rings is 1. The summed E-state index contributed by atoms with van der Waals surface area (Å²) in [7, 11) is 3.23. The maximum atomic E-state index is 12.4. The number of hydrogen-bond donors (Lipinski definition) is 1. The van der Waals surface area contributed by atoms with E-state index >= 15 is 0 Å². The number of pyridine rings is 1. The summed E-state index contributed by atoms with van der Waals surface area (Å²) >= 11 is 0. The number of methoxy groups -OCH3 is 2. The van der Waals surface area contributed by atoms with E-state index in [-0.39, 0.29) is 11.9 Å². The van der Waals surface area contributed by atoms with Crippen molar-refractivity contribution < 1.29 is 23.5 Å². The zero-order chi connectivity index (χ0) is 23.2. The highest BCUT2D eigenvalue weighted by molar-refractivity contribution is 5.85. The number of carbonyl (C=O) groups excluding carboxylic acids is 1. The average molecular weight is 455 g/mol. The number of ether oxygens (including phenoxy) is 3. The number of hydrogen-bond acceptors (Lipinski definition) is 9. The highest BCUT2D eigenvalue weighted by Crippen LogP contribution is 2.35. The van der Waals surface area contributed by atoms with Gasteiger partial charge in [-0.15, -0.1) is 0 Å². The van der Waals surface area contributed by atoms with Gasteiger partial charge in [-0.3, -0.25) is 4.79 Å². The fourth-order valence-electron chi connectivity index (χ4n) is 4.21. The van der Waals surface area contributed by atoms with Crippen LogP contribution in [-0.4, -0.2) is 50.0 Å². The molecule has 0 aliphatic carbocycles. The van der Waals surface area contributed by atoms with E-state index in [1.165, 1.54) is 0 Å². The van der Waals surface area contributed by atoms with Crippen molar-refractivity contribution >= 4 is 22.7 Å². The lowest BCUT2D eigenvalue weighted by Gasteiger charge is -2.34. The van der Waals surface area contributed by atoms with Gasteiger partial charge in [-0.2, -0.15) is 0 Å². The molecule has 4 rings (SSSR count). The summed E-state index contributed by atoms with van der Waals surface area (Å²) in [5.74, 6) is 1.85. The van der Waals surface area contributed by atoms with E-state index < -0.39 is 0 Å². The molecule has 0 saturated carbocycles. The van der Waals surface area contributed by atoms with E-state index in [2.05, 4.69) is 21.4 Å². The van der Waals surface area contributed by atoms with Gasteiger partial charge >= 0.3 is 5.97 Å². The van der Waals surface area contributed by atoms with Crippen molar-refractivity contribution in [1.29, 1.82) is 0 Å². The van der Waals surface area contributed by atoms with Crippen LogP contribution in [0.5, 0.6) is 11.5 Å². The second kappa shape index (κ2) is 10.5. The number of esters is 1. The Bertz CT molecular complexity index is 1090. The summed E-state index contributed by atoms with van der Waals surface area (Å²) in [6, 6.07) is 7.77. The van der Waals surface area contributed by atoms with Gasteiger partial charge in [-0.25, -0.2) is 4.98 Å². The van der Waals surface area contributed by atoms with E-state index in [0.29, 0.717) is 37.7 Å². The Balaban J connectivity index is 1.67. The normalized spacial score (nSPS) is 16.1. The van der Waals surface area contributed by atoms with Crippen LogP contribution in [0, 0.1) is 5.92 Å². The number of anilines is 1. The topological polar surface area (TPSA) is 99.0 Å². The summed E-state index contributed by atoms with van der Waals surface area (Å²) in [4.78, 5) is 19.6. The molecule has 1 aliphatic rings. The van der Waals surface area contributed by atoms with Crippen LogP contribution >= 0.6 is 0 Å². The second-order valence-electron chi connectivity index (χ2n) is 8.00. The minimum Gasteiger partial charge on any atom is -0.493 e. The Morgan fingerprint density at radius 2 is 2.03 bits per heavy atom. The summed E-state index contributed by atoms with van der Waals surface area (Å²) in [6.07, 6.45) is 3.29. The Morgan fingerprint density at radius 3 is 2.76 bits per heavy atom. The molecule has 0 amide bonds. The molecule has 0 unspecified atom stereocenters. The summed E-state index contributed by atoms with van der Waals surface area (Å²) in [5, 5.41) is 8.32. The lowest BCUT2D eigenvalue weighted by Crippen LogP contribution is -2.40. The van der Waals surface area contributed by atoms with Gasteiger partial charge in [-0.1, -0.05) is 5.16 Å². The fraction of sp³-hybridized carbons (Fsp3) is 0.458. The maximum Gasteiger partial charge on any atom is 0.310 e. The second-order valence-corrected chi connectivity index (χ2v) is 8.00. The van der Waals surface area contributed by atoms with Crippen LogP contribution in [0.3, 0.4) is 0 Å². The number of fused-ring (bicyclic) bond motifs is 1. The molecule has 9 nitrogen and oxygen atoms in total. The predicted molar refractivity (Wildman–Crippen MR) is 123 cm³/mol. The van der Waals surface area contributed by atoms with E-state index in [1.54, 1.807) is 20.5 Å². The standard InChI is InChI=1S/C24H30N4O5/c1-4-32-24(29)16-6-5-8-28(15-16)23-18(13-25-14-19-7-9-33-27-19)10-17-11-21(30-2)22(31-3)12-20(17)26-23/h7,9-12,16,25H,4-6,8,13-15H2,1-3H3/t16-/m0/s1. The molecule has 1 fully saturated rings. The third kappa shape index (κ3) is 5.19. The van der Waals surface area contributed by atoms with Crippen molar-refractivity contribution in [2.24, 2.45) is 5.92 Å². The van der Waals surface area contributed by atoms with Gasteiger partial charge in [-0.05, 0) is 31.9 Å². The van der Waals surface area contributed by atoms with Crippen LogP contribution < -0.4 is 19.7 Å². The van der Waals surface area contributed by atoms with Crippen molar-refractivity contribution in [2.75, 3.05) is 38.8 Å². The molecule has 0 spiro atoms. The number of aromatic nitrogens is 2. The third-order valence-corrected chi connectivity index (χ3v) is 5.83. The molecule has 2 aromatic heterocycles. The third-order valence-electron chi connectivity index (χ3n) is 5.83. The monoisotopic (exact) mass is 454 g/mol. The molecule has 3 heterocycles. The zero-order valence-corrected chi connectivity index (χ0v) is 19.3. The van der Waals surface area contributed by atoms with E-state index in [4.69, 9.17) is 23.7 Å². The van der Waals surface area contributed by atoms with Gasteiger partial charge in [0.05, 0.1) is 38.0 Å². The molecule has 0 bridgehead atoms. The van der Waals surface area contributed by atoms with E-state index in [1.807, 2.05) is 25.1 Å². The van der Waals surface area contributed by atoms with Crippen molar-refractivity contribution in [3.8, 4) is 11.5 Å². The molecule has 3 aromatic rings. The number of benzene rings is 1. The Morgan fingerprint density at radius 1 is 1.21 bits per heavy atom. The van der Waals surface area contributed by atoms with Gasteiger partial charge in [0.15, 0.2) is 11.5 Å². The van der Waals surface area contributed by atoms with Crippen LogP contribution in [0.25, 0.3) is 10.9 Å². The first-order valence-electron chi connectivity index (χ1n) is 11.2. The molecule has 1 saturated heterocycles. The maximum absolute atomic E-state index is 12.4. The summed E-state index contributed by atoms with van der Waals surface area (Å²) < 4.78 is 21.1. The lowest BCUT2D eigenvalue weighted by molar-refractivity contribution is -0.148. The quantitative estimate of drug-likeness (QED) is 0.488. The van der Waals surface area contributed by atoms with Crippen LogP contribution in [-0.2, 0) is 22.6 Å². The summed E-state index contributed by atoms with van der Waals surface area (Å²) in [6.45, 7) is 4.80. The number of nitrogens with zero attached hydrogens (tertiary/aromatic N) is 3. The van der Waals surface area contributed by atoms with E-state index in [9.17, 15) is 4.79 Å². The first-order valence-corrected chi connectivity index (χ1v) is 11.2. The van der Waals surface area contributed by atoms with Crippen LogP contribution in [0.15, 0.2) is 35.1 Å².